The normalized spacial score (nSPS) is 12.8. The third kappa shape index (κ3) is 5.11. The molecule has 1 aromatic heterocycles. The van der Waals surface area contributed by atoms with Crippen LogP contribution in [0.3, 0.4) is 0 Å². The lowest BCUT2D eigenvalue weighted by atomic mass is 9.90. The molecule has 1 aromatic rings. The van der Waals surface area contributed by atoms with Crippen LogP contribution in [0.1, 0.15) is 34.1 Å². The van der Waals surface area contributed by atoms with Gasteiger partial charge in [0.1, 0.15) is 24.0 Å². The second-order valence-corrected chi connectivity index (χ2v) is 5.36. The van der Waals surface area contributed by atoms with E-state index in [0.717, 1.165) is 13.0 Å². The lowest BCUT2D eigenvalue weighted by molar-refractivity contribution is -0.137. The Labute approximate surface area is 113 Å². The standard InChI is InChI=1S/C13H22N4O2/c1-5-13(3,4)7-14-10-6-11(16-8-15-10)17-9(2)12(18)19/h6,8-9H,5,7H2,1-4H3,(H,18,19)(H2,14,15,16,17). The first-order valence-corrected chi connectivity index (χ1v) is 6.39. The predicted molar refractivity (Wildman–Crippen MR) is 75.3 cm³/mol. The van der Waals surface area contributed by atoms with Crippen molar-refractivity contribution in [2.24, 2.45) is 5.41 Å². The van der Waals surface area contributed by atoms with Gasteiger partial charge in [-0.3, -0.25) is 4.79 Å². The third-order valence-corrected chi connectivity index (χ3v) is 3.11. The van der Waals surface area contributed by atoms with Crippen molar-refractivity contribution in [3.63, 3.8) is 0 Å². The highest BCUT2D eigenvalue weighted by atomic mass is 16.4. The highest BCUT2D eigenvalue weighted by molar-refractivity contribution is 5.76. The van der Waals surface area contributed by atoms with E-state index in [9.17, 15) is 4.79 Å². The number of aromatic nitrogens is 2. The molecule has 0 saturated carbocycles. The molecule has 0 spiro atoms. The van der Waals surface area contributed by atoms with E-state index in [4.69, 9.17) is 5.11 Å². The monoisotopic (exact) mass is 266 g/mol. The van der Waals surface area contributed by atoms with E-state index in [0.29, 0.717) is 11.6 Å². The van der Waals surface area contributed by atoms with Gasteiger partial charge in [-0.1, -0.05) is 20.8 Å². The first kappa shape index (κ1) is 15.2. The van der Waals surface area contributed by atoms with Crippen molar-refractivity contribution in [1.29, 1.82) is 0 Å². The molecular formula is C13H22N4O2. The van der Waals surface area contributed by atoms with E-state index >= 15 is 0 Å². The zero-order valence-corrected chi connectivity index (χ0v) is 11.9. The summed E-state index contributed by atoms with van der Waals surface area (Å²) in [5.74, 6) is 0.276. The molecule has 0 aliphatic heterocycles. The smallest absolute Gasteiger partial charge is 0.325 e. The van der Waals surface area contributed by atoms with Gasteiger partial charge in [0, 0.05) is 12.6 Å². The second kappa shape index (κ2) is 6.36. The van der Waals surface area contributed by atoms with Gasteiger partial charge in [0.05, 0.1) is 0 Å². The van der Waals surface area contributed by atoms with Crippen LogP contribution in [-0.4, -0.2) is 33.6 Å². The number of anilines is 2. The van der Waals surface area contributed by atoms with Crippen LogP contribution in [0.2, 0.25) is 0 Å². The summed E-state index contributed by atoms with van der Waals surface area (Å²) in [6, 6.07) is 1.03. The van der Waals surface area contributed by atoms with Gasteiger partial charge in [0.25, 0.3) is 0 Å². The molecule has 0 bridgehead atoms. The second-order valence-electron chi connectivity index (χ2n) is 5.36. The Morgan fingerprint density at radius 3 is 2.63 bits per heavy atom. The Morgan fingerprint density at radius 1 is 1.42 bits per heavy atom. The molecule has 0 amide bonds. The molecule has 0 fully saturated rings. The highest BCUT2D eigenvalue weighted by Gasteiger charge is 2.15. The number of aliphatic carboxylic acids is 1. The largest absolute Gasteiger partial charge is 0.480 e. The van der Waals surface area contributed by atoms with Crippen molar-refractivity contribution in [2.75, 3.05) is 17.2 Å². The van der Waals surface area contributed by atoms with Crippen LogP contribution < -0.4 is 10.6 Å². The fourth-order valence-electron chi connectivity index (χ4n) is 1.27. The SMILES string of the molecule is CCC(C)(C)CNc1cc(NC(C)C(=O)O)ncn1. The number of carboxylic acids is 1. The Balaban J connectivity index is 2.64. The third-order valence-electron chi connectivity index (χ3n) is 3.11. The fraction of sp³-hybridized carbons (Fsp3) is 0.615. The van der Waals surface area contributed by atoms with Crippen LogP contribution in [0.4, 0.5) is 11.6 Å². The number of nitrogens with zero attached hydrogens (tertiary/aromatic N) is 2. The van der Waals surface area contributed by atoms with E-state index in [-0.39, 0.29) is 5.41 Å². The maximum atomic E-state index is 10.8. The highest BCUT2D eigenvalue weighted by Crippen LogP contribution is 2.20. The van der Waals surface area contributed by atoms with Crippen LogP contribution >= 0.6 is 0 Å². The summed E-state index contributed by atoms with van der Waals surface area (Å²) in [6.07, 6.45) is 2.48. The van der Waals surface area contributed by atoms with E-state index in [1.165, 1.54) is 6.33 Å². The van der Waals surface area contributed by atoms with E-state index in [2.05, 4.69) is 41.4 Å². The van der Waals surface area contributed by atoms with Gasteiger partial charge in [0.15, 0.2) is 0 Å². The molecule has 19 heavy (non-hydrogen) atoms. The van der Waals surface area contributed by atoms with Crippen molar-refractivity contribution in [3.05, 3.63) is 12.4 Å². The molecule has 0 aliphatic carbocycles. The molecule has 106 valence electrons. The summed E-state index contributed by atoms with van der Waals surface area (Å²) in [5.41, 5.74) is 0.187. The molecule has 1 atom stereocenters. The van der Waals surface area contributed by atoms with Crippen LogP contribution in [0.25, 0.3) is 0 Å². The Morgan fingerprint density at radius 2 is 2.05 bits per heavy atom. The van der Waals surface area contributed by atoms with Crippen LogP contribution in [0, 0.1) is 5.41 Å². The predicted octanol–water partition coefficient (Wildman–Crippen LogP) is 2.21. The van der Waals surface area contributed by atoms with Crippen molar-refractivity contribution >= 4 is 17.6 Å². The van der Waals surface area contributed by atoms with Crippen LogP contribution in [0.15, 0.2) is 12.4 Å². The van der Waals surface area contributed by atoms with Crippen LogP contribution in [-0.2, 0) is 4.79 Å². The van der Waals surface area contributed by atoms with E-state index in [1.807, 2.05) is 0 Å². The maximum absolute atomic E-state index is 10.8. The zero-order chi connectivity index (χ0) is 14.5. The molecule has 1 heterocycles. The number of rotatable bonds is 7. The van der Waals surface area contributed by atoms with Crippen molar-refractivity contribution in [3.8, 4) is 0 Å². The van der Waals surface area contributed by atoms with Gasteiger partial charge in [-0.25, -0.2) is 9.97 Å². The first-order valence-electron chi connectivity index (χ1n) is 6.39. The average molecular weight is 266 g/mol. The molecule has 0 aromatic carbocycles. The maximum Gasteiger partial charge on any atom is 0.325 e. The lowest BCUT2D eigenvalue weighted by Gasteiger charge is -2.23. The van der Waals surface area contributed by atoms with Crippen LogP contribution in [0.5, 0.6) is 0 Å². The molecule has 6 nitrogen and oxygen atoms in total. The van der Waals surface area contributed by atoms with Crippen molar-refractivity contribution < 1.29 is 9.90 Å². The summed E-state index contributed by atoms with van der Waals surface area (Å²) >= 11 is 0. The zero-order valence-electron chi connectivity index (χ0n) is 11.9. The minimum atomic E-state index is -0.916. The molecule has 0 radical (unpaired) electrons. The molecular weight excluding hydrogens is 244 g/mol. The lowest BCUT2D eigenvalue weighted by Crippen LogP contribution is -2.26. The van der Waals surface area contributed by atoms with Gasteiger partial charge in [0.2, 0.25) is 0 Å². The summed E-state index contributed by atoms with van der Waals surface area (Å²) in [7, 11) is 0. The van der Waals surface area contributed by atoms with Gasteiger partial charge < -0.3 is 15.7 Å². The summed E-state index contributed by atoms with van der Waals surface area (Å²) in [6.45, 7) is 8.86. The molecule has 6 heteroatoms. The minimum Gasteiger partial charge on any atom is -0.480 e. The Hall–Kier alpha value is -1.85. The fourth-order valence-corrected chi connectivity index (χ4v) is 1.27. The summed E-state index contributed by atoms with van der Waals surface area (Å²) in [4.78, 5) is 18.9. The van der Waals surface area contributed by atoms with E-state index < -0.39 is 12.0 Å². The Bertz CT molecular complexity index is 434. The van der Waals surface area contributed by atoms with Gasteiger partial charge in [-0.05, 0) is 18.8 Å². The van der Waals surface area contributed by atoms with Crippen molar-refractivity contribution in [1.82, 2.24) is 9.97 Å². The number of hydrogen-bond donors (Lipinski definition) is 3. The molecule has 1 rings (SSSR count). The molecule has 1 unspecified atom stereocenters. The van der Waals surface area contributed by atoms with Gasteiger partial charge in [-0.15, -0.1) is 0 Å². The number of nitrogens with one attached hydrogen (secondary N) is 2. The van der Waals surface area contributed by atoms with E-state index in [1.54, 1.807) is 13.0 Å². The molecule has 3 N–H and O–H groups in total. The topological polar surface area (TPSA) is 87.1 Å². The minimum absolute atomic E-state index is 0.187. The van der Waals surface area contributed by atoms with Gasteiger partial charge >= 0.3 is 5.97 Å². The first-order chi connectivity index (χ1) is 8.84. The molecule has 0 saturated heterocycles. The summed E-state index contributed by atoms with van der Waals surface area (Å²) < 4.78 is 0. The average Bonchev–Trinajstić information content (AvgIpc) is 2.37. The quantitative estimate of drug-likeness (QED) is 0.701. The van der Waals surface area contributed by atoms with Crippen molar-refractivity contribution in [2.45, 2.75) is 40.2 Å². The Kier molecular flexibility index (Phi) is 5.09. The summed E-state index contributed by atoms with van der Waals surface area (Å²) in [5, 5.41) is 14.9. The molecule has 0 aliphatic rings. The number of hydrogen-bond acceptors (Lipinski definition) is 5. The number of carbonyl (C=O) groups is 1. The number of carboxylic acid groups (broad SMARTS) is 1. The van der Waals surface area contributed by atoms with Gasteiger partial charge in [-0.2, -0.15) is 0 Å².